The quantitative estimate of drug-likeness (QED) is 0.222. The van der Waals surface area contributed by atoms with E-state index in [2.05, 4.69) is 15.2 Å². The van der Waals surface area contributed by atoms with E-state index in [9.17, 15) is 18.0 Å². The molecule has 0 aliphatic carbocycles. The smallest absolute Gasteiger partial charge is 0.383 e. The van der Waals surface area contributed by atoms with Crippen molar-refractivity contribution in [2.75, 3.05) is 56.2 Å². The lowest BCUT2D eigenvalue weighted by atomic mass is 10.1. The molecule has 1 saturated heterocycles. The van der Waals surface area contributed by atoms with E-state index in [4.69, 9.17) is 9.72 Å². The number of benzene rings is 2. The number of rotatable bonds is 9. The van der Waals surface area contributed by atoms with Gasteiger partial charge in [-0.2, -0.15) is 13.2 Å². The van der Waals surface area contributed by atoms with Gasteiger partial charge in [0.2, 0.25) is 0 Å². The number of methoxy groups -OCH3 is 1. The van der Waals surface area contributed by atoms with Gasteiger partial charge >= 0.3 is 6.18 Å². The molecule has 0 atom stereocenters. The van der Waals surface area contributed by atoms with Gasteiger partial charge < -0.3 is 19.9 Å². The molecule has 0 bridgehead atoms. The first-order valence-corrected chi connectivity index (χ1v) is 13.7. The topological polar surface area (TPSA) is 70.6 Å². The Morgan fingerprint density at radius 1 is 1.03 bits per heavy atom. The molecule has 1 N–H and O–H groups in total. The zero-order chi connectivity index (χ0) is 28.0. The van der Waals surface area contributed by atoms with Crippen LogP contribution in [0.25, 0.3) is 0 Å². The van der Waals surface area contributed by atoms with Gasteiger partial charge in [-0.15, -0.1) is 0 Å². The Hall–Kier alpha value is -3.31. The Morgan fingerprint density at radius 2 is 1.74 bits per heavy atom. The number of nitrogens with one attached hydrogen (secondary N) is 1. The van der Waals surface area contributed by atoms with Gasteiger partial charge in [0.05, 0.1) is 12.2 Å². The molecule has 1 aromatic heterocycles. The molecule has 0 saturated carbocycles. The minimum absolute atomic E-state index is 0.145. The van der Waals surface area contributed by atoms with Crippen LogP contribution >= 0.6 is 11.8 Å². The van der Waals surface area contributed by atoms with E-state index >= 15 is 0 Å². The van der Waals surface area contributed by atoms with Crippen molar-refractivity contribution >= 4 is 29.2 Å². The van der Waals surface area contributed by atoms with Gasteiger partial charge in [0, 0.05) is 68.1 Å². The molecular weight excluding hydrogens is 527 g/mol. The summed E-state index contributed by atoms with van der Waals surface area (Å²) < 4.78 is 44.4. The number of hydrogen-bond acceptors (Lipinski definition) is 7. The lowest BCUT2D eigenvalue weighted by Gasteiger charge is -2.37. The highest BCUT2D eigenvalue weighted by molar-refractivity contribution is 7.98. The lowest BCUT2D eigenvalue weighted by molar-refractivity contribution is -0.137. The Kier molecular flexibility index (Phi) is 9.34. The van der Waals surface area contributed by atoms with Crippen molar-refractivity contribution in [3.05, 3.63) is 76.5 Å². The standard InChI is InChI=1S/C28H32F3N5O2S/c1-19-20(2)33-27(39-18-21-6-4-7-22(16-21)26(37)32-10-15-38-3)34-25(19)36-13-11-35(12-14-36)24-9-5-8-23(17-24)28(29,30)31/h4-9,16-17H,10-15,18H2,1-3H3,(H,32,37). The van der Waals surface area contributed by atoms with Crippen LogP contribution in [0.1, 0.15) is 32.7 Å². The SMILES string of the molecule is COCCNC(=O)c1cccc(CSc2nc(C)c(C)c(N3CCN(c4cccc(C(F)(F)F)c4)CC3)n2)c1. The first kappa shape index (κ1) is 28.7. The molecule has 4 rings (SSSR count). The number of carbonyl (C=O) groups is 1. The van der Waals surface area contributed by atoms with Gasteiger partial charge in [0.1, 0.15) is 5.82 Å². The number of anilines is 2. The molecule has 0 unspecified atom stereocenters. The maximum absolute atomic E-state index is 13.2. The minimum Gasteiger partial charge on any atom is -0.383 e. The molecule has 3 aromatic rings. The van der Waals surface area contributed by atoms with Gasteiger partial charge in [-0.1, -0.05) is 30.0 Å². The zero-order valence-corrected chi connectivity index (χ0v) is 23.0. The van der Waals surface area contributed by atoms with Crippen LogP contribution in [0, 0.1) is 13.8 Å². The second kappa shape index (κ2) is 12.7. The van der Waals surface area contributed by atoms with E-state index in [1.165, 1.54) is 23.9 Å². The lowest BCUT2D eigenvalue weighted by Crippen LogP contribution is -2.47. The van der Waals surface area contributed by atoms with Crippen molar-refractivity contribution in [2.24, 2.45) is 0 Å². The summed E-state index contributed by atoms with van der Waals surface area (Å²) in [4.78, 5) is 26.0. The van der Waals surface area contributed by atoms with Crippen molar-refractivity contribution in [1.82, 2.24) is 15.3 Å². The van der Waals surface area contributed by atoms with Crippen LogP contribution in [0.4, 0.5) is 24.7 Å². The Bertz CT molecular complexity index is 1300. The molecule has 2 aromatic carbocycles. The first-order valence-electron chi connectivity index (χ1n) is 12.7. The van der Waals surface area contributed by atoms with Crippen molar-refractivity contribution in [1.29, 1.82) is 0 Å². The summed E-state index contributed by atoms with van der Waals surface area (Å²) in [5, 5.41) is 3.47. The molecule has 1 aliphatic heterocycles. The number of aryl methyl sites for hydroxylation is 1. The Balaban J connectivity index is 1.41. The zero-order valence-electron chi connectivity index (χ0n) is 22.2. The maximum atomic E-state index is 13.2. The number of halogens is 3. The summed E-state index contributed by atoms with van der Waals surface area (Å²) in [5.74, 6) is 1.30. The highest BCUT2D eigenvalue weighted by atomic mass is 32.2. The third-order valence-corrected chi connectivity index (χ3v) is 7.53. The summed E-state index contributed by atoms with van der Waals surface area (Å²) in [6.45, 7) is 7.29. The largest absolute Gasteiger partial charge is 0.416 e. The normalized spacial score (nSPS) is 14.0. The molecule has 0 radical (unpaired) electrons. The molecule has 7 nitrogen and oxygen atoms in total. The number of thioether (sulfide) groups is 1. The van der Waals surface area contributed by atoms with Crippen LogP contribution in [0.2, 0.25) is 0 Å². The molecule has 1 aliphatic rings. The minimum atomic E-state index is -4.36. The molecule has 2 heterocycles. The monoisotopic (exact) mass is 559 g/mol. The number of piperazine rings is 1. The number of amides is 1. The second-order valence-corrected chi connectivity index (χ2v) is 10.2. The predicted molar refractivity (Wildman–Crippen MR) is 148 cm³/mol. The van der Waals surface area contributed by atoms with E-state index in [1.54, 1.807) is 19.2 Å². The molecule has 208 valence electrons. The highest BCUT2D eigenvalue weighted by Gasteiger charge is 2.31. The number of nitrogens with zero attached hydrogens (tertiary/aromatic N) is 4. The molecule has 11 heteroatoms. The summed E-state index contributed by atoms with van der Waals surface area (Å²) in [5.41, 5.74) is 3.38. The van der Waals surface area contributed by atoms with E-state index in [-0.39, 0.29) is 5.91 Å². The predicted octanol–water partition coefficient (Wildman–Crippen LogP) is 5.11. The van der Waals surface area contributed by atoms with Crippen LogP contribution in [0.5, 0.6) is 0 Å². The fourth-order valence-electron chi connectivity index (χ4n) is 4.34. The number of aromatic nitrogens is 2. The number of ether oxygens (including phenoxy) is 1. The van der Waals surface area contributed by atoms with Crippen LogP contribution in [0.15, 0.2) is 53.7 Å². The fraction of sp³-hybridized carbons (Fsp3) is 0.393. The van der Waals surface area contributed by atoms with Crippen LogP contribution < -0.4 is 15.1 Å². The van der Waals surface area contributed by atoms with Crippen molar-refractivity contribution in [2.45, 2.75) is 30.9 Å². The van der Waals surface area contributed by atoms with Crippen molar-refractivity contribution in [3.8, 4) is 0 Å². The average Bonchev–Trinajstić information content (AvgIpc) is 2.93. The van der Waals surface area contributed by atoms with Gasteiger partial charge in [0.25, 0.3) is 5.91 Å². The van der Waals surface area contributed by atoms with Gasteiger partial charge in [-0.05, 0) is 49.7 Å². The number of alkyl halides is 3. The van der Waals surface area contributed by atoms with E-state index < -0.39 is 11.7 Å². The Labute approximate surface area is 230 Å². The van der Waals surface area contributed by atoms with Crippen LogP contribution in [0.3, 0.4) is 0 Å². The Morgan fingerprint density at radius 3 is 2.46 bits per heavy atom. The van der Waals surface area contributed by atoms with Crippen molar-refractivity contribution < 1.29 is 22.7 Å². The molecular formula is C28H32F3N5O2S. The van der Waals surface area contributed by atoms with E-state index in [0.717, 1.165) is 28.7 Å². The summed E-state index contributed by atoms with van der Waals surface area (Å²) >= 11 is 1.50. The highest BCUT2D eigenvalue weighted by Crippen LogP contribution is 2.32. The van der Waals surface area contributed by atoms with Crippen molar-refractivity contribution in [3.63, 3.8) is 0 Å². The molecule has 0 spiro atoms. The first-order chi connectivity index (χ1) is 18.7. The van der Waals surface area contributed by atoms with Crippen LogP contribution in [-0.4, -0.2) is 62.3 Å². The third-order valence-electron chi connectivity index (χ3n) is 6.61. The fourth-order valence-corrected chi connectivity index (χ4v) is 5.16. The number of hydrogen-bond donors (Lipinski definition) is 1. The second-order valence-electron chi connectivity index (χ2n) is 9.30. The molecule has 1 amide bonds. The van der Waals surface area contributed by atoms with Gasteiger partial charge in [0.15, 0.2) is 5.16 Å². The van der Waals surface area contributed by atoms with E-state index in [0.29, 0.717) is 61.5 Å². The number of carbonyl (C=O) groups excluding carboxylic acids is 1. The summed E-state index contributed by atoms with van der Waals surface area (Å²) in [7, 11) is 1.59. The maximum Gasteiger partial charge on any atom is 0.416 e. The van der Waals surface area contributed by atoms with Crippen LogP contribution in [-0.2, 0) is 16.7 Å². The molecule has 39 heavy (non-hydrogen) atoms. The van der Waals surface area contributed by atoms with Gasteiger partial charge in [-0.3, -0.25) is 4.79 Å². The van der Waals surface area contributed by atoms with Gasteiger partial charge in [-0.25, -0.2) is 9.97 Å². The summed E-state index contributed by atoms with van der Waals surface area (Å²) in [6.07, 6.45) is -4.36. The van der Waals surface area contributed by atoms with E-state index in [1.807, 2.05) is 36.9 Å². The molecule has 1 fully saturated rings. The summed E-state index contributed by atoms with van der Waals surface area (Å²) in [6, 6.07) is 13.0. The third kappa shape index (κ3) is 7.42. The average molecular weight is 560 g/mol.